The third kappa shape index (κ3) is 4.24. The largest absolute Gasteiger partial charge is 0.497 e. The monoisotopic (exact) mass is 410 g/mol. The SMILES string of the molecule is CCCN(C)C(=O)CN1C[C@@H](C2=COC3=CCOC3=C2)C[C@@H]1c1ccc(OC)cc1. The quantitative estimate of drug-likeness (QED) is 0.687. The zero-order chi connectivity index (χ0) is 21.1. The first kappa shape index (κ1) is 20.5. The highest BCUT2D eigenvalue weighted by Crippen LogP contribution is 2.41. The van der Waals surface area contributed by atoms with Crippen LogP contribution in [0.15, 0.2) is 59.8 Å². The summed E-state index contributed by atoms with van der Waals surface area (Å²) in [6.45, 7) is 4.65. The summed E-state index contributed by atoms with van der Waals surface area (Å²) in [5.74, 6) is 2.89. The van der Waals surface area contributed by atoms with E-state index in [1.54, 1.807) is 7.11 Å². The van der Waals surface area contributed by atoms with Crippen LogP contribution < -0.4 is 4.74 Å². The normalized spacial score (nSPS) is 23.0. The molecule has 3 heterocycles. The molecule has 2 atom stereocenters. The number of likely N-dealkylation sites (N-methyl/N-ethyl adjacent to an activating group) is 1. The third-order valence-electron chi connectivity index (χ3n) is 6.07. The predicted molar refractivity (Wildman–Crippen MR) is 115 cm³/mol. The standard InChI is InChI=1S/C24H30N2O4/c1-4-10-25(2)24(27)15-26-14-18(19-13-23-22(30-16-19)9-11-29-23)12-21(26)17-5-7-20(28-3)8-6-17/h5-9,13,16,18,21H,4,10-12,14-15H2,1-3H3/t18-,21+/m0/s1. The van der Waals surface area contributed by atoms with Crippen molar-refractivity contribution in [2.75, 3.05) is 40.4 Å². The number of hydrogen-bond donors (Lipinski definition) is 0. The van der Waals surface area contributed by atoms with Crippen molar-refractivity contribution in [1.29, 1.82) is 0 Å². The number of allylic oxidation sites excluding steroid dienone is 1. The van der Waals surface area contributed by atoms with Gasteiger partial charge in [0.15, 0.2) is 11.5 Å². The van der Waals surface area contributed by atoms with E-state index in [1.165, 1.54) is 5.56 Å². The molecule has 1 aromatic rings. The van der Waals surface area contributed by atoms with Crippen LogP contribution in [0.1, 0.15) is 31.4 Å². The van der Waals surface area contributed by atoms with Crippen molar-refractivity contribution in [3.05, 3.63) is 65.3 Å². The predicted octanol–water partition coefficient (Wildman–Crippen LogP) is 3.64. The molecule has 0 aromatic heterocycles. The molecule has 0 bridgehead atoms. The molecule has 3 aliphatic rings. The van der Waals surface area contributed by atoms with Gasteiger partial charge in [0, 0.05) is 32.1 Å². The van der Waals surface area contributed by atoms with Crippen LogP contribution in [-0.4, -0.2) is 56.1 Å². The van der Waals surface area contributed by atoms with E-state index in [0.717, 1.165) is 48.8 Å². The molecule has 0 N–H and O–H groups in total. The van der Waals surface area contributed by atoms with Crippen molar-refractivity contribution in [2.24, 2.45) is 5.92 Å². The maximum Gasteiger partial charge on any atom is 0.236 e. The number of rotatable bonds is 7. The highest BCUT2D eigenvalue weighted by Gasteiger charge is 2.37. The number of methoxy groups -OCH3 is 1. The molecule has 1 aromatic carbocycles. The number of benzene rings is 1. The Morgan fingerprint density at radius 1 is 1.27 bits per heavy atom. The Balaban J connectivity index is 1.54. The molecule has 1 amide bonds. The molecule has 0 spiro atoms. The van der Waals surface area contributed by atoms with E-state index in [9.17, 15) is 4.79 Å². The van der Waals surface area contributed by atoms with Gasteiger partial charge in [-0.25, -0.2) is 0 Å². The summed E-state index contributed by atoms with van der Waals surface area (Å²) in [7, 11) is 3.56. The van der Waals surface area contributed by atoms with Crippen LogP contribution in [0.5, 0.6) is 5.75 Å². The first-order chi connectivity index (χ1) is 14.6. The van der Waals surface area contributed by atoms with Gasteiger partial charge in [0.05, 0.1) is 19.9 Å². The summed E-state index contributed by atoms with van der Waals surface area (Å²) < 4.78 is 16.7. The second kappa shape index (κ2) is 8.96. The Bertz CT molecular complexity index is 872. The van der Waals surface area contributed by atoms with E-state index in [0.29, 0.717) is 13.2 Å². The van der Waals surface area contributed by atoms with Crippen LogP contribution in [0.3, 0.4) is 0 Å². The average molecular weight is 411 g/mol. The van der Waals surface area contributed by atoms with Gasteiger partial charge in [0.2, 0.25) is 5.91 Å². The van der Waals surface area contributed by atoms with Gasteiger partial charge < -0.3 is 19.1 Å². The van der Waals surface area contributed by atoms with Gasteiger partial charge in [-0.05, 0) is 48.3 Å². The van der Waals surface area contributed by atoms with Crippen LogP contribution >= 0.6 is 0 Å². The highest BCUT2D eigenvalue weighted by molar-refractivity contribution is 5.78. The molecular formula is C24H30N2O4. The molecule has 0 unspecified atom stereocenters. The summed E-state index contributed by atoms with van der Waals surface area (Å²) in [4.78, 5) is 16.9. The minimum absolute atomic E-state index is 0.160. The second-order valence-corrected chi connectivity index (χ2v) is 8.09. The second-order valence-electron chi connectivity index (χ2n) is 8.09. The summed E-state index contributed by atoms with van der Waals surface area (Å²) >= 11 is 0. The van der Waals surface area contributed by atoms with Gasteiger partial charge in [0.1, 0.15) is 12.4 Å². The Kier molecular flexibility index (Phi) is 6.13. The molecule has 3 aliphatic heterocycles. The third-order valence-corrected chi connectivity index (χ3v) is 6.07. The first-order valence-electron chi connectivity index (χ1n) is 10.6. The maximum atomic E-state index is 12.8. The number of nitrogens with zero attached hydrogens (tertiary/aromatic N) is 2. The molecular weight excluding hydrogens is 380 g/mol. The Morgan fingerprint density at radius 2 is 2.07 bits per heavy atom. The molecule has 1 fully saturated rings. The van der Waals surface area contributed by atoms with Crippen LogP contribution in [0.2, 0.25) is 0 Å². The lowest BCUT2D eigenvalue weighted by Gasteiger charge is -2.26. The van der Waals surface area contributed by atoms with E-state index in [1.807, 2.05) is 36.4 Å². The minimum atomic E-state index is 0.160. The van der Waals surface area contributed by atoms with Gasteiger partial charge >= 0.3 is 0 Å². The zero-order valence-electron chi connectivity index (χ0n) is 18.0. The number of amides is 1. The first-order valence-corrected chi connectivity index (χ1v) is 10.6. The van der Waals surface area contributed by atoms with E-state index in [4.69, 9.17) is 14.2 Å². The average Bonchev–Trinajstić information content (AvgIpc) is 3.40. The molecule has 4 rings (SSSR count). The van der Waals surface area contributed by atoms with Crippen molar-refractivity contribution < 1.29 is 19.0 Å². The van der Waals surface area contributed by atoms with Crippen LogP contribution in [-0.2, 0) is 14.3 Å². The smallest absolute Gasteiger partial charge is 0.236 e. The molecule has 160 valence electrons. The number of ether oxygens (including phenoxy) is 3. The number of fused-ring (bicyclic) bond motifs is 1. The molecule has 0 radical (unpaired) electrons. The number of likely N-dealkylation sites (tertiary alicyclic amines) is 1. The summed E-state index contributed by atoms with van der Waals surface area (Å²) in [6, 6.07) is 8.34. The molecule has 6 nitrogen and oxygen atoms in total. The number of carbonyl (C=O) groups excluding carboxylic acids is 1. The van der Waals surface area contributed by atoms with Gasteiger partial charge in [0.25, 0.3) is 0 Å². The summed E-state index contributed by atoms with van der Waals surface area (Å²) in [5, 5.41) is 0. The van der Waals surface area contributed by atoms with Gasteiger partial charge in [-0.15, -0.1) is 0 Å². The van der Waals surface area contributed by atoms with Crippen molar-refractivity contribution in [1.82, 2.24) is 9.80 Å². The maximum absolute atomic E-state index is 12.8. The Hall–Kier alpha value is -2.73. The molecule has 1 saturated heterocycles. The van der Waals surface area contributed by atoms with Gasteiger partial charge in [-0.3, -0.25) is 9.69 Å². The van der Waals surface area contributed by atoms with Gasteiger partial charge in [-0.1, -0.05) is 19.1 Å². The van der Waals surface area contributed by atoms with Crippen LogP contribution in [0.25, 0.3) is 0 Å². The van der Waals surface area contributed by atoms with Crippen LogP contribution in [0.4, 0.5) is 0 Å². The topological polar surface area (TPSA) is 51.2 Å². The van der Waals surface area contributed by atoms with E-state index < -0.39 is 0 Å². The summed E-state index contributed by atoms with van der Waals surface area (Å²) in [5.41, 5.74) is 2.33. The van der Waals surface area contributed by atoms with Crippen molar-refractivity contribution in [2.45, 2.75) is 25.8 Å². The van der Waals surface area contributed by atoms with E-state index in [2.05, 4.69) is 30.0 Å². The fraction of sp³-hybridized carbons (Fsp3) is 0.458. The van der Waals surface area contributed by atoms with Crippen molar-refractivity contribution >= 4 is 5.91 Å². The molecule has 0 saturated carbocycles. The van der Waals surface area contributed by atoms with Crippen LogP contribution in [0, 0.1) is 5.92 Å². The number of carbonyl (C=O) groups is 1. The fourth-order valence-electron chi connectivity index (χ4n) is 4.38. The minimum Gasteiger partial charge on any atom is -0.497 e. The zero-order valence-corrected chi connectivity index (χ0v) is 18.0. The lowest BCUT2D eigenvalue weighted by atomic mass is 9.93. The van der Waals surface area contributed by atoms with E-state index >= 15 is 0 Å². The molecule has 6 heteroatoms. The Morgan fingerprint density at radius 3 is 2.80 bits per heavy atom. The lowest BCUT2D eigenvalue weighted by molar-refractivity contribution is -0.131. The lowest BCUT2D eigenvalue weighted by Crippen LogP contribution is -2.38. The molecule has 0 aliphatic carbocycles. The highest BCUT2D eigenvalue weighted by atomic mass is 16.5. The molecule has 30 heavy (non-hydrogen) atoms. The van der Waals surface area contributed by atoms with E-state index in [-0.39, 0.29) is 17.9 Å². The summed E-state index contributed by atoms with van der Waals surface area (Å²) in [6.07, 6.45) is 7.76. The van der Waals surface area contributed by atoms with Gasteiger partial charge in [-0.2, -0.15) is 0 Å². The fourth-order valence-corrected chi connectivity index (χ4v) is 4.38. The number of hydrogen-bond acceptors (Lipinski definition) is 5. The van der Waals surface area contributed by atoms with Crippen molar-refractivity contribution in [3.8, 4) is 5.75 Å². The van der Waals surface area contributed by atoms with Crippen molar-refractivity contribution in [3.63, 3.8) is 0 Å². The Labute approximate surface area is 178 Å².